The second-order valence-electron chi connectivity index (χ2n) is 6.05. The lowest BCUT2D eigenvalue weighted by molar-refractivity contribution is -0.126. The molecule has 0 aliphatic rings. The molecule has 0 bridgehead atoms. The lowest BCUT2D eigenvalue weighted by atomic mass is 10.2. The van der Waals surface area contributed by atoms with Gasteiger partial charge in [0.05, 0.1) is 11.3 Å². The van der Waals surface area contributed by atoms with Crippen LogP contribution in [-0.4, -0.2) is 49.1 Å². The number of hydrogen-bond donors (Lipinski definition) is 1. The Balaban J connectivity index is 1.86. The van der Waals surface area contributed by atoms with Crippen molar-refractivity contribution in [1.29, 1.82) is 0 Å². The first-order valence-electron chi connectivity index (χ1n) is 8.47. The molecule has 0 saturated heterocycles. The number of halogens is 1. The van der Waals surface area contributed by atoms with Crippen LogP contribution in [0.3, 0.4) is 0 Å². The summed E-state index contributed by atoms with van der Waals surface area (Å²) >= 11 is 7.07. The van der Waals surface area contributed by atoms with E-state index in [1.165, 1.54) is 16.7 Å². The third-order valence-electron chi connectivity index (χ3n) is 3.69. The molecule has 0 radical (unpaired) electrons. The van der Waals surface area contributed by atoms with Crippen LogP contribution in [0.5, 0.6) is 0 Å². The molecule has 0 fully saturated rings. The Bertz CT molecular complexity index is 840. The van der Waals surface area contributed by atoms with Gasteiger partial charge < -0.3 is 15.0 Å². The lowest BCUT2D eigenvalue weighted by Crippen LogP contribution is -2.28. The van der Waals surface area contributed by atoms with Crippen molar-refractivity contribution in [2.24, 2.45) is 0 Å². The number of rotatable bonds is 8. The first-order chi connectivity index (χ1) is 13.4. The number of benzene rings is 2. The van der Waals surface area contributed by atoms with E-state index in [0.717, 1.165) is 5.56 Å². The van der Waals surface area contributed by atoms with Gasteiger partial charge in [0.1, 0.15) is 0 Å². The maximum atomic E-state index is 12.3. The van der Waals surface area contributed by atoms with Gasteiger partial charge >= 0.3 is 5.97 Å². The van der Waals surface area contributed by atoms with E-state index in [9.17, 15) is 14.4 Å². The maximum Gasteiger partial charge on any atom is 0.339 e. The molecule has 1 N–H and O–H groups in total. The molecule has 0 unspecified atom stereocenters. The van der Waals surface area contributed by atoms with Crippen LogP contribution in [0.4, 0.5) is 0 Å². The van der Waals surface area contributed by atoms with Crippen molar-refractivity contribution in [2.75, 3.05) is 26.5 Å². The van der Waals surface area contributed by atoms with E-state index in [1.807, 2.05) is 0 Å². The highest BCUT2D eigenvalue weighted by atomic mass is 35.5. The van der Waals surface area contributed by atoms with Crippen molar-refractivity contribution in [3.8, 4) is 0 Å². The van der Waals surface area contributed by atoms with Gasteiger partial charge in [0.15, 0.2) is 6.61 Å². The van der Waals surface area contributed by atoms with Crippen LogP contribution in [-0.2, 0) is 20.9 Å². The summed E-state index contributed by atoms with van der Waals surface area (Å²) in [4.78, 5) is 38.1. The number of esters is 1. The molecular weight excluding hydrogens is 400 g/mol. The number of carbonyl (C=O) groups excluding carboxylic acids is 3. The van der Waals surface area contributed by atoms with Gasteiger partial charge in [-0.1, -0.05) is 35.9 Å². The van der Waals surface area contributed by atoms with Crippen LogP contribution in [0.15, 0.2) is 53.4 Å². The number of thioether (sulfide) groups is 1. The molecule has 0 saturated carbocycles. The van der Waals surface area contributed by atoms with E-state index in [-0.39, 0.29) is 18.3 Å². The highest BCUT2D eigenvalue weighted by Crippen LogP contribution is 2.23. The Morgan fingerprint density at radius 3 is 2.43 bits per heavy atom. The van der Waals surface area contributed by atoms with Gasteiger partial charge in [0.2, 0.25) is 5.91 Å². The molecule has 0 spiro atoms. The van der Waals surface area contributed by atoms with E-state index < -0.39 is 11.9 Å². The summed E-state index contributed by atoms with van der Waals surface area (Å²) in [5, 5.41) is 3.30. The number of nitrogens with zero attached hydrogens (tertiary/aromatic N) is 1. The molecule has 0 aromatic heterocycles. The SMILES string of the molecule is CN(C)C(=O)CSc1ccccc1C(=O)OCC(=O)NCc1ccc(Cl)cc1. The first-order valence-corrected chi connectivity index (χ1v) is 9.83. The predicted octanol–water partition coefficient (Wildman–Crippen LogP) is 2.99. The van der Waals surface area contributed by atoms with Crippen LogP contribution >= 0.6 is 23.4 Å². The number of amides is 2. The zero-order valence-electron chi connectivity index (χ0n) is 15.6. The van der Waals surface area contributed by atoms with Crippen LogP contribution in [0.25, 0.3) is 0 Å². The molecule has 2 aromatic carbocycles. The van der Waals surface area contributed by atoms with E-state index >= 15 is 0 Å². The molecule has 0 heterocycles. The van der Waals surface area contributed by atoms with Crippen molar-refractivity contribution >= 4 is 41.1 Å². The lowest BCUT2D eigenvalue weighted by Gasteiger charge is -2.12. The molecule has 6 nitrogen and oxygen atoms in total. The molecule has 2 aromatic rings. The van der Waals surface area contributed by atoms with Crippen LogP contribution < -0.4 is 5.32 Å². The average molecular weight is 421 g/mol. The normalized spacial score (nSPS) is 10.2. The molecule has 0 aliphatic carbocycles. The van der Waals surface area contributed by atoms with E-state index in [1.54, 1.807) is 62.6 Å². The van der Waals surface area contributed by atoms with Crippen LogP contribution in [0.2, 0.25) is 5.02 Å². The molecule has 28 heavy (non-hydrogen) atoms. The monoisotopic (exact) mass is 420 g/mol. The maximum absolute atomic E-state index is 12.3. The van der Waals surface area contributed by atoms with Gasteiger partial charge in [0.25, 0.3) is 5.91 Å². The smallest absolute Gasteiger partial charge is 0.339 e. The minimum atomic E-state index is -0.609. The van der Waals surface area contributed by atoms with Crippen molar-refractivity contribution < 1.29 is 19.1 Å². The summed E-state index contributed by atoms with van der Waals surface area (Å²) in [5.41, 5.74) is 1.21. The number of hydrogen-bond acceptors (Lipinski definition) is 5. The van der Waals surface area contributed by atoms with E-state index in [4.69, 9.17) is 16.3 Å². The summed E-state index contributed by atoms with van der Waals surface area (Å²) in [6.07, 6.45) is 0. The Kier molecular flexibility index (Phi) is 8.35. The molecule has 2 rings (SSSR count). The fourth-order valence-corrected chi connectivity index (χ4v) is 3.24. The molecule has 2 amide bonds. The third kappa shape index (κ3) is 6.90. The topological polar surface area (TPSA) is 75.7 Å². The summed E-state index contributed by atoms with van der Waals surface area (Å²) in [6.45, 7) is -0.0747. The van der Waals surface area contributed by atoms with Crippen molar-refractivity contribution in [3.05, 3.63) is 64.7 Å². The van der Waals surface area contributed by atoms with Crippen LogP contribution in [0.1, 0.15) is 15.9 Å². The van der Waals surface area contributed by atoms with Gasteiger partial charge in [-0.2, -0.15) is 0 Å². The predicted molar refractivity (Wildman–Crippen MR) is 109 cm³/mol. The zero-order chi connectivity index (χ0) is 20.5. The van der Waals surface area contributed by atoms with Crippen molar-refractivity contribution in [2.45, 2.75) is 11.4 Å². The molecule has 0 aliphatic heterocycles. The average Bonchev–Trinajstić information content (AvgIpc) is 2.69. The van der Waals surface area contributed by atoms with Crippen molar-refractivity contribution in [1.82, 2.24) is 10.2 Å². The molecule has 148 valence electrons. The van der Waals surface area contributed by atoms with Gasteiger partial charge in [-0.05, 0) is 29.8 Å². The van der Waals surface area contributed by atoms with Gasteiger partial charge in [-0.25, -0.2) is 4.79 Å². The highest BCUT2D eigenvalue weighted by Gasteiger charge is 2.16. The van der Waals surface area contributed by atoms with E-state index in [2.05, 4.69) is 5.32 Å². The van der Waals surface area contributed by atoms with Crippen molar-refractivity contribution in [3.63, 3.8) is 0 Å². The standard InChI is InChI=1S/C20H21ClN2O4S/c1-23(2)19(25)13-28-17-6-4-3-5-16(17)20(26)27-12-18(24)22-11-14-7-9-15(21)10-8-14/h3-10H,11-13H2,1-2H3,(H,22,24). The summed E-state index contributed by atoms with van der Waals surface area (Å²) in [5.74, 6) is -0.869. The largest absolute Gasteiger partial charge is 0.452 e. The zero-order valence-corrected chi connectivity index (χ0v) is 17.2. The summed E-state index contributed by atoms with van der Waals surface area (Å²) in [6, 6.07) is 13.9. The van der Waals surface area contributed by atoms with Gasteiger partial charge in [0, 0.05) is 30.6 Å². The fourth-order valence-electron chi connectivity index (χ4n) is 2.09. The fraction of sp³-hybridized carbons (Fsp3) is 0.250. The Morgan fingerprint density at radius 1 is 1.07 bits per heavy atom. The molecule has 8 heteroatoms. The Morgan fingerprint density at radius 2 is 1.75 bits per heavy atom. The number of carbonyl (C=O) groups is 3. The number of nitrogens with one attached hydrogen (secondary N) is 1. The Labute approximate surface area is 173 Å². The third-order valence-corrected chi connectivity index (χ3v) is 5.00. The minimum absolute atomic E-state index is 0.0604. The quantitative estimate of drug-likeness (QED) is 0.524. The Hall–Kier alpha value is -2.51. The second-order valence-corrected chi connectivity index (χ2v) is 7.51. The second kappa shape index (κ2) is 10.7. The summed E-state index contributed by atoms with van der Waals surface area (Å²) in [7, 11) is 3.34. The molecule has 0 atom stereocenters. The number of ether oxygens (including phenoxy) is 1. The van der Waals surface area contributed by atoms with E-state index in [0.29, 0.717) is 22.0 Å². The van der Waals surface area contributed by atoms with Gasteiger partial charge in [-0.3, -0.25) is 9.59 Å². The summed E-state index contributed by atoms with van der Waals surface area (Å²) < 4.78 is 5.11. The highest BCUT2D eigenvalue weighted by molar-refractivity contribution is 8.00. The van der Waals surface area contributed by atoms with Gasteiger partial charge in [-0.15, -0.1) is 11.8 Å². The minimum Gasteiger partial charge on any atom is -0.452 e. The molecular formula is C20H21ClN2O4S. The van der Waals surface area contributed by atoms with Crippen LogP contribution in [0, 0.1) is 0 Å². The first kappa shape index (κ1) is 21.8.